The average Bonchev–Trinajstić information content (AvgIpc) is 3.45. The molecule has 0 aromatic rings. The Morgan fingerprint density at radius 1 is 0.961 bits per heavy atom. The maximum absolute atomic E-state index is 13.8. The number of hydrogen-bond donors (Lipinski definition) is 1. The minimum absolute atomic E-state index is 0.0237. The third kappa shape index (κ3) is 6.87. The van der Waals surface area contributed by atoms with Crippen LogP contribution in [0.5, 0.6) is 0 Å². The first-order valence-electron chi connectivity index (χ1n) is 18.0. The molecule has 5 aliphatic rings. The van der Waals surface area contributed by atoms with Crippen molar-refractivity contribution in [2.45, 2.75) is 115 Å². The summed E-state index contributed by atoms with van der Waals surface area (Å²) in [5.74, 6) is -2.81. The number of aliphatic hydroxyl groups is 1. The Kier molecular flexibility index (Phi) is 11.5. The Morgan fingerprint density at radius 3 is 2.22 bits per heavy atom. The normalized spacial score (nSPS) is 37.7. The molecule has 1 aliphatic heterocycles. The molecule has 0 unspecified atom stereocenters. The van der Waals surface area contributed by atoms with Gasteiger partial charge in [-0.15, -0.1) is 11.6 Å². The van der Waals surface area contributed by atoms with E-state index in [0.717, 1.165) is 24.8 Å². The molecule has 0 radical (unpaired) electrons. The predicted octanol–water partition coefficient (Wildman–Crippen LogP) is 4.56. The number of carbonyl (C=O) groups excluding carboxylic acids is 6. The number of hydrogen-bond acceptors (Lipinski definition) is 12. The molecule has 13 heteroatoms. The lowest BCUT2D eigenvalue weighted by Crippen LogP contribution is -2.73. The topological polar surface area (TPSA) is 169 Å². The Balaban J connectivity index is 1.28. The first-order chi connectivity index (χ1) is 24.0. The third-order valence-electron chi connectivity index (χ3n) is 13.3. The largest absolute Gasteiger partial charge is 0.469 e. The quantitative estimate of drug-likeness (QED) is 0.179. The Labute approximate surface area is 303 Å². The Bertz CT molecular complexity index is 1500. The smallest absolute Gasteiger partial charge is 0.337 e. The van der Waals surface area contributed by atoms with E-state index in [9.17, 15) is 33.9 Å². The van der Waals surface area contributed by atoms with Gasteiger partial charge < -0.3 is 28.8 Å². The molecule has 12 nitrogen and oxygen atoms in total. The number of ether oxygens (including phenoxy) is 5. The van der Waals surface area contributed by atoms with E-state index in [1.54, 1.807) is 6.92 Å². The van der Waals surface area contributed by atoms with Crippen LogP contribution in [0.2, 0.25) is 0 Å². The lowest BCUT2D eigenvalue weighted by atomic mass is 9.43. The maximum Gasteiger partial charge on any atom is 0.337 e. The molecule has 11 atom stereocenters. The summed E-state index contributed by atoms with van der Waals surface area (Å²) in [4.78, 5) is 74.8. The number of cyclic esters (lactones) is 1. The second-order valence-corrected chi connectivity index (χ2v) is 16.1. The Morgan fingerprint density at radius 2 is 1.59 bits per heavy atom. The van der Waals surface area contributed by atoms with Crippen LogP contribution < -0.4 is 0 Å². The minimum Gasteiger partial charge on any atom is -0.469 e. The lowest BCUT2D eigenvalue weighted by Gasteiger charge is -2.64. The van der Waals surface area contributed by atoms with Crippen LogP contribution >= 0.6 is 11.6 Å². The van der Waals surface area contributed by atoms with Crippen LogP contribution in [0.1, 0.15) is 91.9 Å². The van der Waals surface area contributed by atoms with Crippen molar-refractivity contribution in [1.29, 1.82) is 0 Å². The van der Waals surface area contributed by atoms with Crippen molar-refractivity contribution in [2.24, 2.45) is 40.4 Å². The molecule has 1 N–H and O–H groups in total. The fourth-order valence-corrected chi connectivity index (χ4v) is 10.9. The molecule has 1 heterocycles. The molecule has 0 aromatic heterocycles. The average molecular weight is 735 g/mol. The number of rotatable bonds is 11. The number of allylic oxidation sites excluding steroid dienone is 1. The highest BCUT2D eigenvalue weighted by Crippen LogP contribution is 2.69. The van der Waals surface area contributed by atoms with Gasteiger partial charge in [-0.25, -0.2) is 4.79 Å². The lowest BCUT2D eigenvalue weighted by molar-refractivity contribution is -0.223. The van der Waals surface area contributed by atoms with E-state index < -0.39 is 52.3 Å². The molecule has 0 aromatic carbocycles. The molecule has 3 saturated carbocycles. The zero-order chi connectivity index (χ0) is 37.5. The predicted molar refractivity (Wildman–Crippen MR) is 182 cm³/mol. The van der Waals surface area contributed by atoms with Gasteiger partial charge in [0, 0.05) is 6.42 Å². The van der Waals surface area contributed by atoms with Crippen LogP contribution in [0.4, 0.5) is 0 Å². The van der Waals surface area contributed by atoms with Crippen molar-refractivity contribution in [3.8, 4) is 0 Å². The van der Waals surface area contributed by atoms with Crippen molar-refractivity contribution < 1.29 is 57.6 Å². The van der Waals surface area contributed by atoms with Crippen LogP contribution in [0.3, 0.4) is 0 Å². The van der Waals surface area contributed by atoms with Gasteiger partial charge in [0.2, 0.25) is 0 Å². The van der Waals surface area contributed by atoms with E-state index in [4.69, 9.17) is 25.8 Å². The summed E-state index contributed by atoms with van der Waals surface area (Å²) in [6.07, 6.45) is 4.92. The second-order valence-electron chi connectivity index (χ2n) is 15.5. The SMILES string of the molecule is COC(=O)CCC(=O)OCC1=C(C)C[C@H]([C@@H](C)[C@H]2CC[C@H]3[C@@H]4C[C@H](Cl)[C@]5(O)[C@@H](OC(=O)CCC(=O)OC)C=CC(=O)[C@]5(C)[C@H]4CC[C@]23C)OC1=O. The first kappa shape index (κ1) is 39.0. The molecule has 282 valence electrons. The monoisotopic (exact) mass is 734 g/mol. The van der Waals surface area contributed by atoms with Crippen LogP contribution in [0.25, 0.3) is 0 Å². The van der Waals surface area contributed by atoms with Crippen LogP contribution in [0.15, 0.2) is 23.3 Å². The standard InChI is InChI=1S/C38H51ClO12/c1-20-17-27(50-35(45)23(20)19-49-33(43)13-11-31(41)47-5)21(2)24-7-8-25-22-18-28(39)38(46)30(51-34(44)14-12-32(42)48-6)10-9-29(40)37(38,4)26(22)15-16-36(24,25)3/h9-10,21-22,24-28,30,46H,7-8,11-19H2,1-6H3/t21-,22-,24+,25-,26-,27+,28-,30-,36+,37-,38-/m0/s1. The molecule has 0 saturated heterocycles. The highest BCUT2D eigenvalue weighted by Gasteiger charge is 2.72. The number of carbonyl (C=O) groups is 6. The van der Waals surface area contributed by atoms with E-state index in [2.05, 4.69) is 23.3 Å². The summed E-state index contributed by atoms with van der Waals surface area (Å²) in [5.41, 5.74) is -2.14. The summed E-state index contributed by atoms with van der Waals surface area (Å²) in [6.45, 7) is 7.83. The van der Waals surface area contributed by atoms with E-state index in [1.165, 1.54) is 26.4 Å². The summed E-state index contributed by atoms with van der Waals surface area (Å²) in [7, 11) is 2.48. The van der Waals surface area contributed by atoms with E-state index in [0.29, 0.717) is 24.8 Å². The zero-order valence-corrected chi connectivity index (χ0v) is 31.1. The summed E-state index contributed by atoms with van der Waals surface area (Å²) in [6, 6.07) is 0. The molecule has 0 spiro atoms. The second kappa shape index (κ2) is 15.0. The molecule has 0 amide bonds. The van der Waals surface area contributed by atoms with E-state index in [1.807, 2.05) is 6.92 Å². The first-order valence-corrected chi connectivity index (χ1v) is 18.4. The Hall–Kier alpha value is -3.25. The number of halogens is 1. The van der Waals surface area contributed by atoms with E-state index >= 15 is 0 Å². The molecule has 3 fully saturated rings. The van der Waals surface area contributed by atoms with Crippen LogP contribution in [-0.4, -0.2) is 84.7 Å². The van der Waals surface area contributed by atoms with Gasteiger partial charge >= 0.3 is 29.8 Å². The van der Waals surface area contributed by atoms with Crippen molar-refractivity contribution >= 4 is 47.2 Å². The third-order valence-corrected chi connectivity index (χ3v) is 13.8. The molecule has 5 rings (SSSR count). The number of ketones is 1. The number of alkyl halides is 1. The fourth-order valence-electron chi connectivity index (χ4n) is 10.4. The van der Waals surface area contributed by atoms with Gasteiger partial charge in [0.15, 0.2) is 11.9 Å². The van der Waals surface area contributed by atoms with Crippen molar-refractivity contribution in [1.82, 2.24) is 0 Å². The van der Waals surface area contributed by atoms with Gasteiger partial charge in [-0.1, -0.05) is 19.4 Å². The van der Waals surface area contributed by atoms with Crippen molar-refractivity contribution in [2.75, 3.05) is 20.8 Å². The zero-order valence-electron chi connectivity index (χ0n) is 30.4. The van der Waals surface area contributed by atoms with Gasteiger partial charge in [-0.2, -0.15) is 0 Å². The van der Waals surface area contributed by atoms with Crippen molar-refractivity contribution in [3.05, 3.63) is 23.3 Å². The number of esters is 5. The highest BCUT2D eigenvalue weighted by atomic mass is 35.5. The van der Waals surface area contributed by atoms with Gasteiger partial charge in [0.25, 0.3) is 0 Å². The number of fused-ring (bicyclic) bond motifs is 5. The van der Waals surface area contributed by atoms with Gasteiger partial charge in [-0.05, 0) is 93.1 Å². The van der Waals surface area contributed by atoms with Crippen molar-refractivity contribution in [3.63, 3.8) is 0 Å². The molecule has 51 heavy (non-hydrogen) atoms. The van der Waals surface area contributed by atoms with E-state index in [-0.39, 0.29) is 79.2 Å². The van der Waals surface area contributed by atoms with Crippen LogP contribution in [-0.2, 0) is 52.5 Å². The summed E-state index contributed by atoms with van der Waals surface area (Å²) >= 11 is 7.10. The highest BCUT2D eigenvalue weighted by molar-refractivity contribution is 6.22. The summed E-state index contributed by atoms with van der Waals surface area (Å²) < 4.78 is 26.2. The molecular formula is C38H51ClO12. The van der Waals surface area contributed by atoms with Gasteiger partial charge in [-0.3, -0.25) is 24.0 Å². The minimum atomic E-state index is -1.84. The molecular weight excluding hydrogens is 684 g/mol. The van der Waals surface area contributed by atoms with Crippen LogP contribution in [0, 0.1) is 40.4 Å². The molecule has 4 aliphatic carbocycles. The summed E-state index contributed by atoms with van der Waals surface area (Å²) in [5, 5.41) is 11.5. The van der Waals surface area contributed by atoms with Gasteiger partial charge in [0.05, 0.1) is 56.3 Å². The molecule has 0 bridgehead atoms. The van der Waals surface area contributed by atoms with Gasteiger partial charge in [0.1, 0.15) is 18.3 Å². The maximum atomic E-state index is 13.8. The number of methoxy groups -OCH3 is 2. The fraction of sp³-hybridized carbons (Fsp3) is 0.737.